The van der Waals surface area contributed by atoms with Crippen LogP contribution in [0.5, 0.6) is 0 Å². The van der Waals surface area contributed by atoms with E-state index in [9.17, 15) is 0 Å². The highest BCUT2D eigenvalue weighted by atomic mass is 14.7. The van der Waals surface area contributed by atoms with Gasteiger partial charge in [-0.1, -0.05) is 6.07 Å². The number of pyridine rings is 1. The molecule has 0 bridgehead atoms. The standard InChI is InChI=1S/C8H10N2/c9-8-4-7(8)6-2-1-3-10-5-6/h1-3,5,7-8H,4,9H2/t7-,8-/m1/s1. The zero-order valence-electron chi connectivity index (χ0n) is 5.70. The number of rotatable bonds is 1. The van der Waals surface area contributed by atoms with Gasteiger partial charge >= 0.3 is 0 Å². The van der Waals surface area contributed by atoms with E-state index < -0.39 is 0 Å². The molecule has 2 N–H and O–H groups in total. The summed E-state index contributed by atoms with van der Waals surface area (Å²) in [6, 6.07) is 4.44. The molecule has 0 radical (unpaired) electrons. The van der Waals surface area contributed by atoms with E-state index in [1.54, 1.807) is 6.20 Å². The summed E-state index contributed by atoms with van der Waals surface area (Å²) in [6.07, 6.45) is 4.82. The van der Waals surface area contributed by atoms with Gasteiger partial charge in [-0.25, -0.2) is 0 Å². The Bertz CT molecular complexity index is 220. The van der Waals surface area contributed by atoms with Gasteiger partial charge in [-0.3, -0.25) is 4.98 Å². The second kappa shape index (κ2) is 2.06. The van der Waals surface area contributed by atoms with Crippen molar-refractivity contribution in [2.75, 3.05) is 0 Å². The highest BCUT2D eigenvalue weighted by Gasteiger charge is 2.34. The van der Waals surface area contributed by atoms with Crippen molar-refractivity contribution in [2.45, 2.75) is 18.4 Å². The van der Waals surface area contributed by atoms with E-state index in [4.69, 9.17) is 5.73 Å². The minimum absolute atomic E-state index is 0.393. The second-order valence-corrected chi connectivity index (χ2v) is 2.79. The van der Waals surface area contributed by atoms with E-state index in [0.717, 1.165) is 6.42 Å². The van der Waals surface area contributed by atoms with Crippen LogP contribution in [0.25, 0.3) is 0 Å². The molecule has 0 unspecified atom stereocenters. The van der Waals surface area contributed by atoms with Crippen molar-refractivity contribution in [3.63, 3.8) is 0 Å². The molecule has 0 aliphatic heterocycles. The first kappa shape index (κ1) is 5.86. The maximum absolute atomic E-state index is 5.67. The molecule has 10 heavy (non-hydrogen) atoms. The summed E-state index contributed by atoms with van der Waals surface area (Å²) in [5.41, 5.74) is 6.96. The third-order valence-electron chi connectivity index (χ3n) is 1.95. The monoisotopic (exact) mass is 134 g/mol. The van der Waals surface area contributed by atoms with Crippen LogP contribution >= 0.6 is 0 Å². The van der Waals surface area contributed by atoms with Gasteiger partial charge in [0.2, 0.25) is 0 Å². The van der Waals surface area contributed by atoms with E-state index in [0.29, 0.717) is 12.0 Å². The van der Waals surface area contributed by atoms with Crippen molar-refractivity contribution < 1.29 is 0 Å². The lowest BCUT2D eigenvalue weighted by molar-refractivity contribution is 0.981. The van der Waals surface area contributed by atoms with Crippen molar-refractivity contribution in [3.8, 4) is 0 Å². The van der Waals surface area contributed by atoms with Crippen molar-refractivity contribution in [1.29, 1.82) is 0 Å². The molecule has 2 heteroatoms. The predicted octanol–water partition coefficient (Wildman–Crippen LogP) is 0.896. The van der Waals surface area contributed by atoms with Crippen molar-refractivity contribution in [3.05, 3.63) is 30.1 Å². The van der Waals surface area contributed by atoms with Crippen LogP contribution in [0.2, 0.25) is 0 Å². The summed E-state index contributed by atoms with van der Waals surface area (Å²) in [7, 11) is 0. The normalized spacial score (nSPS) is 30.1. The van der Waals surface area contributed by atoms with Crippen LogP contribution in [-0.2, 0) is 0 Å². The predicted molar refractivity (Wildman–Crippen MR) is 39.6 cm³/mol. The Kier molecular flexibility index (Phi) is 1.21. The lowest BCUT2D eigenvalue weighted by atomic mass is 10.2. The van der Waals surface area contributed by atoms with Gasteiger partial charge in [0.25, 0.3) is 0 Å². The quantitative estimate of drug-likeness (QED) is 0.619. The van der Waals surface area contributed by atoms with Gasteiger partial charge in [-0.15, -0.1) is 0 Å². The molecule has 2 atom stereocenters. The van der Waals surface area contributed by atoms with Crippen molar-refractivity contribution in [1.82, 2.24) is 4.98 Å². The Morgan fingerprint density at radius 1 is 1.60 bits per heavy atom. The molecule has 0 saturated heterocycles. The second-order valence-electron chi connectivity index (χ2n) is 2.79. The smallest absolute Gasteiger partial charge is 0.0303 e. The van der Waals surface area contributed by atoms with Crippen LogP contribution in [-0.4, -0.2) is 11.0 Å². The van der Waals surface area contributed by atoms with Crippen LogP contribution in [0.15, 0.2) is 24.5 Å². The maximum Gasteiger partial charge on any atom is 0.0303 e. The molecule has 2 rings (SSSR count). The number of aromatic nitrogens is 1. The lowest BCUT2D eigenvalue weighted by Gasteiger charge is -1.93. The van der Waals surface area contributed by atoms with Crippen LogP contribution in [0.3, 0.4) is 0 Å². The molecule has 2 nitrogen and oxygen atoms in total. The molecule has 52 valence electrons. The van der Waals surface area contributed by atoms with Gasteiger partial charge in [-0.05, 0) is 18.1 Å². The largest absolute Gasteiger partial charge is 0.327 e. The molecule has 0 amide bonds. The SMILES string of the molecule is N[C@@H]1C[C@@H]1c1cccnc1. The fourth-order valence-electron chi connectivity index (χ4n) is 1.19. The summed E-state index contributed by atoms with van der Waals surface area (Å²) in [4.78, 5) is 4.02. The molecule has 1 fully saturated rings. The number of hydrogen-bond acceptors (Lipinski definition) is 2. The minimum Gasteiger partial charge on any atom is -0.327 e. The Balaban J connectivity index is 2.20. The summed E-state index contributed by atoms with van der Waals surface area (Å²) >= 11 is 0. The molecule has 0 aromatic carbocycles. The Labute approximate surface area is 60.1 Å². The Morgan fingerprint density at radius 3 is 2.90 bits per heavy atom. The van der Waals surface area contributed by atoms with Gasteiger partial charge in [0.15, 0.2) is 0 Å². The topological polar surface area (TPSA) is 38.9 Å². The molecule has 0 spiro atoms. The number of nitrogens with zero attached hydrogens (tertiary/aromatic N) is 1. The Morgan fingerprint density at radius 2 is 2.40 bits per heavy atom. The van der Waals surface area contributed by atoms with E-state index in [2.05, 4.69) is 11.1 Å². The van der Waals surface area contributed by atoms with Gasteiger partial charge < -0.3 is 5.73 Å². The molecule has 1 aromatic heterocycles. The van der Waals surface area contributed by atoms with Crippen LogP contribution in [0.4, 0.5) is 0 Å². The van der Waals surface area contributed by atoms with Gasteiger partial charge in [-0.2, -0.15) is 0 Å². The molecule has 1 aliphatic carbocycles. The lowest BCUT2D eigenvalue weighted by Crippen LogP contribution is -2.00. The fraction of sp³-hybridized carbons (Fsp3) is 0.375. The first-order chi connectivity index (χ1) is 4.88. The Hall–Kier alpha value is -0.890. The van der Waals surface area contributed by atoms with Crippen molar-refractivity contribution >= 4 is 0 Å². The zero-order chi connectivity index (χ0) is 6.97. The molecule has 1 aliphatic rings. The number of hydrogen-bond donors (Lipinski definition) is 1. The van der Waals surface area contributed by atoms with E-state index in [1.165, 1.54) is 5.56 Å². The number of nitrogens with two attached hydrogens (primary N) is 1. The van der Waals surface area contributed by atoms with Gasteiger partial charge in [0, 0.05) is 24.4 Å². The van der Waals surface area contributed by atoms with Gasteiger partial charge in [0.05, 0.1) is 0 Å². The van der Waals surface area contributed by atoms with E-state index >= 15 is 0 Å². The first-order valence-electron chi connectivity index (χ1n) is 3.53. The van der Waals surface area contributed by atoms with Crippen LogP contribution in [0.1, 0.15) is 17.9 Å². The molecular weight excluding hydrogens is 124 g/mol. The summed E-state index contributed by atoms with van der Waals surface area (Å²) in [5, 5.41) is 0. The average Bonchev–Trinajstić information content (AvgIpc) is 2.69. The summed E-state index contributed by atoms with van der Waals surface area (Å²) in [5.74, 6) is 0.591. The highest BCUT2D eigenvalue weighted by molar-refractivity contribution is 5.23. The maximum atomic E-state index is 5.67. The molecule has 1 saturated carbocycles. The average molecular weight is 134 g/mol. The third-order valence-corrected chi connectivity index (χ3v) is 1.95. The minimum atomic E-state index is 0.393. The fourth-order valence-corrected chi connectivity index (χ4v) is 1.19. The van der Waals surface area contributed by atoms with Gasteiger partial charge in [0.1, 0.15) is 0 Å². The highest BCUT2D eigenvalue weighted by Crippen LogP contribution is 2.38. The first-order valence-corrected chi connectivity index (χ1v) is 3.53. The molecule has 1 aromatic rings. The molecule has 1 heterocycles. The molecular formula is C8H10N2. The van der Waals surface area contributed by atoms with E-state index in [1.807, 2.05) is 12.3 Å². The summed E-state index contributed by atoms with van der Waals surface area (Å²) < 4.78 is 0. The van der Waals surface area contributed by atoms with E-state index in [-0.39, 0.29) is 0 Å². The van der Waals surface area contributed by atoms with Crippen LogP contribution < -0.4 is 5.73 Å². The van der Waals surface area contributed by atoms with Crippen LogP contribution in [0, 0.1) is 0 Å². The zero-order valence-corrected chi connectivity index (χ0v) is 5.70. The summed E-state index contributed by atoms with van der Waals surface area (Å²) in [6.45, 7) is 0. The van der Waals surface area contributed by atoms with Crippen molar-refractivity contribution in [2.24, 2.45) is 5.73 Å². The third kappa shape index (κ3) is 0.907.